The zero-order chi connectivity index (χ0) is 19.7. The summed E-state index contributed by atoms with van der Waals surface area (Å²) in [6.45, 7) is 5.50. The molecule has 0 aromatic heterocycles. The number of carbonyl (C=O) groups excluding carboxylic acids is 1. The highest BCUT2D eigenvalue weighted by molar-refractivity contribution is 5.72. The van der Waals surface area contributed by atoms with Gasteiger partial charge in [-0.2, -0.15) is 0 Å². The second kappa shape index (κ2) is 9.98. The summed E-state index contributed by atoms with van der Waals surface area (Å²) >= 11 is 0. The van der Waals surface area contributed by atoms with Gasteiger partial charge in [-0.15, -0.1) is 0 Å². The third kappa shape index (κ3) is 8.17. The zero-order valence-electron chi connectivity index (χ0n) is 15.5. The largest absolute Gasteiger partial charge is 0.479 e. The molecule has 1 aromatic rings. The summed E-state index contributed by atoms with van der Waals surface area (Å²) < 4.78 is 15.4. The van der Waals surface area contributed by atoms with E-state index in [4.69, 9.17) is 19.3 Å². The van der Waals surface area contributed by atoms with E-state index in [1.807, 2.05) is 0 Å². The number of alkyl carbamates (subject to hydrolysis) is 1. The maximum absolute atomic E-state index is 11.6. The first-order valence-corrected chi connectivity index (χ1v) is 8.25. The standard InChI is InChI=1S/C18H27NO7/c1-18(2,3)26-17(23)19-11-14(20)12-5-7-13(8-6-12)25-15(16(21)22)9-10-24-4/h5-8,14-15,20H,9-11H2,1-4H3,(H,19,23)(H,21,22). The summed E-state index contributed by atoms with van der Waals surface area (Å²) in [5.41, 5.74) is -0.0606. The number of hydrogen-bond acceptors (Lipinski definition) is 6. The predicted octanol–water partition coefficient (Wildman–Crippen LogP) is 2.11. The van der Waals surface area contributed by atoms with E-state index in [1.54, 1.807) is 45.0 Å². The number of carboxylic acids is 1. The van der Waals surface area contributed by atoms with Crippen LogP contribution in [0, 0.1) is 0 Å². The van der Waals surface area contributed by atoms with Gasteiger partial charge in [0.05, 0.1) is 19.3 Å². The smallest absolute Gasteiger partial charge is 0.407 e. The highest BCUT2D eigenvalue weighted by atomic mass is 16.6. The Bertz CT molecular complexity index is 580. The van der Waals surface area contributed by atoms with Crippen molar-refractivity contribution in [3.63, 3.8) is 0 Å². The van der Waals surface area contributed by atoms with Crippen LogP contribution in [0.15, 0.2) is 24.3 Å². The lowest BCUT2D eigenvalue weighted by molar-refractivity contribution is -0.145. The SMILES string of the molecule is COCCC(Oc1ccc(C(O)CNC(=O)OC(C)(C)C)cc1)C(=O)O. The molecule has 8 heteroatoms. The van der Waals surface area contributed by atoms with E-state index in [2.05, 4.69) is 5.32 Å². The molecule has 26 heavy (non-hydrogen) atoms. The fraction of sp³-hybridized carbons (Fsp3) is 0.556. The Morgan fingerprint density at radius 1 is 1.19 bits per heavy atom. The number of amides is 1. The highest BCUT2D eigenvalue weighted by Crippen LogP contribution is 2.19. The van der Waals surface area contributed by atoms with Crippen LogP contribution in [0.3, 0.4) is 0 Å². The molecule has 2 atom stereocenters. The van der Waals surface area contributed by atoms with Gasteiger partial charge in [0.1, 0.15) is 11.4 Å². The first-order chi connectivity index (χ1) is 12.1. The molecular weight excluding hydrogens is 342 g/mol. The molecule has 8 nitrogen and oxygen atoms in total. The van der Waals surface area contributed by atoms with Gasteiger partial charge in [-0.25, -0.2) is 9.59 Å². The fourth-order valence-electron chi connectivity index (χ4n) is 2.00. The van der Waals surface area contributed by atoms with Crippen LogP contribution in [0.1, 0.15) is 38.9 Å². The number of aliphatic carboxylic acids is 1. The number of aliphatic hydroxyl groups is 1. The van der Waals surface area contributed by atoms with Crippen LogP contribution in [0.5, 0.6) is 5.75 Å². The summed E-state index contributed by atoms with van der Waals surface area (Å²) in [4.78, 5) is 22.7. The molecule has 0 aliphatic rings. The molecule has 0 heterocycles. The van der Waals surface area contributed by atoms with Gasteiger partial charge < -0.3 is 29.7 Å². The number of nitrogens with one attached hydrogen (secondary N) is 1. The molecule has 0 saturated heterocycles. The summed E-state index contributed by atoms with van der Waals surface area (Å²) in [6, 6.07) is 6.33. The van der Waals surface area contributed by atoms with Gasteiger partial charge in [-0.3, -0.25) is 0 Å². The van der Waals surface area contributed by atoms with Crippen molar-refractivity contribution < 1.29 is 34.0 Å². The van der Waals surface area contributed by atoms with E-state index >= 15 is 0 Å². The lowest BCUT2D eigenvalue weighted by Gasteiger charge is -2.20. The van der Waals surface area contributed by atoms with Crippen molar-refractivity contribution in [2.75, 3.05) is 20.3 Å². The molecule has 1 rings (SSSR count). The van der Waals surface area contributed by atoms with Crippen LogP contribution < -0.4 is 10.1 Å². The number of benzene rings is 1. The minimum absolute atomic E-state index is 0.0132. The molecular formula is C18H27NO7. The normalized spacial score (nSPS) is 13.6. The van der Waals surface area contributed by atoms with Crippen molar-refractivity contribution >= 4 is 12.1 Å². The summed E-state index contributed by atoms with van der Waals surface area (Å²) in [6.07, 6.45) is -2.34. The van der Waals surface area contributed by atoms with Crippen LogP contribution >= 0.6 is 0 Å². The van der Waals surface area contributed by atoms with Crippen LogP contribution in [0.2, 0.25) is 0 Å². The van der Waals surface area contributed by atoms with Gasteiger partial charge in [0.15, 0.2) is 6.10 Å². The third-order valence-corrected chi connectivity index (χ3v) is 3.24. The van der Waals surface area contributed by atoms with Gasteiger partial charge in [0.2, 0.25) is 0 Å². The van der Waals surface area contributed by atoms with E-state index in [0.717, 1.165) is 0 Å². The molecule has 0 fully saturated rings. The first kappa shape index (κ1) is 21.7. The monoisotopic (exact) mass is 369 g/mol. The number of ether oxygens (including phenoxy) is 3. The molecule has 0 radical (unpaired) electrons. The first-order valence-electron chi connectivity index (χ1n) is 8.25. The summed E-state index contributed by atoms with van der Waals surface area (Å²) in [5, 5.41) is 21.7. The van der Waals surface area contributed by atoms with Crippen molar-refractivity contribution in [1.29, 1.82) is 0 Å². The van der Waals surface area contributed by atoms with Crippen LogP contribution in [0.25, 0.3) is 0 Å². The van der Waals surface area contributed by atoms with Crippen molar-refractivity contribution in [2.24, 2.45) is 0 Å². The van der Waals surface area contributed by atoms with Crippen molar-refractivity contribution in [3.8, 4) is 5.75 Å². The predicted molar refractivity (Wildman–Crippen MR) is 94.2 cm³/mol. The van der Waals surface area contributed by atoms with Gasteiger partial charge in [-0.05, 0) is 38.5 Å². The maximum atomic E-state index is 11.6. The Morgan fingerprint density at radius 3 is 2.31 bits per heavy atom. The number of hydrogen-bond donors (Lipinski definition) is 3. The van der Waals surface area contributed by atoms with Gasteiger partial charge in [0.25, 0.3) is 0 Å². The van der Waals surface area contributed by atoms with Crippen molar-refractivity contribution in [3.05, 3.63) is 29.8 Å². The fourth-order valence-corrected chi connectivity index (χ4v) is 2.00. The van der Waals surface area contributed by atoms with Gasteiger partial charge >= 0.3 is 12.1 Å². The van der Waals surface area contributed by atoms with E-state index < -0.39 is 29.9 Å². The zero-order valence-corrected chi connectivity index (χ0v) is 15.5. The molecule has 1 aromatic carbocycles. The van der Waals surface area contributed by atoms with Crippen molar-refractivity contribution in [2.45, 2.75) is 45.0 Å². The summed E-state index contributed by atoms with van der Waals surface area (Å²) in [7, 11) is 1.49. The Morgan fingerprint density at radius 2 is 1.81 bits per heavy atom. The molecule has 3 N–H and O–H groups in total. The molecule has 0 aliphatic heterocycles. The van der Waals surface area contributed by atoms with E-state index in [9.17, 15) is 14.7 Å². The number of methoxy groups -OCH3 is 1. The van der Waals surface area contributed by atoms with Crippen molar-refractivity contribution in [1.82, 2.24) is 5.32 Å². The minimum atomic E-state index is -1.08. The molecule has 0 saturated carbocycles. The third-order valence-electron chi connectivity index (χ3n) is 3.24. The molecule has 0 aliphatic carbocycles. The lowest BCUT2D eigenvalue weighted by Crippen LogP contribution is -2.34. The molecule has 0 bridgehead atoms. The molecule has 0 spiro atoms. The Balaban J connectivity index is 2.57. The lowest BCUT2D eigenvalue weighted by atomic mass is 10.1. The van der Waals surface area contributed by atoms with Crippen LogP contribution in [-0.2, 0) is 14.3 Å². The average Bonchev–Trinajstić information content (AvgIpc) is 2.55. The van der Waals surface area contributed by atoms with E-state index in [-0.39, 0.29) is 19.6 Å². The minimum Gasteiger partial charge on any atom is -0.479 e. The average molecular weight is 369 g/mol. The Labute approximate surface area is 153 Å². The second-order valence-electron chi connectivity index (χ2n) is 6.69. The molecule has 1 amide bonds. The number of carbonyl (C=O) groups is 2. The van der Waals surface area contributed by atoms with Gasteiger partial charge in [-0.1, -0.05) is 12.1 Å². The number of carboxylic acid groups (broad SMARTS) is 1. The van der Waals surface area contributed by atoms with E-state index in [1.165, 1.54) is 7.11 Å². The molecule has 2 unspecified atom stereocenters. The van der Waals surface area contributed by atoms with E-state index in [0.29, 0.717) is 11.3 Å². The van der Waals surface area contributed by atoms with Gasteiger partial charge in [0, 0.05) is 13.5 Å². The maximum Gasteiger partial charge on any atom is 0.407 e. The summed E-state index contributed by atoms with van der Waals surface area (Å²) in [5.74, 6) is -0.711. The molecule has 146 valence electrons. The topological polar surface area (TPSA) is 114 Å². The number of aliphatic hydroxyl groups excluding tert-OH is 1. The number of rotatable bonds is 9. The Kier molecular flexibility index (Phi) is 8.34. The van der Waals surface area contributed by atoms with Crippen LogP contribution in [-0.4, -0.2) is 54.2 Å². The van der Waals surface area contributed by atoms with Crippen LogP contribution in [0.4, 0.5) is 4.79 Å². The quantitative estimate of drug-likeness (QED) is 0.611. The Hall–Kier alpha value is -2.32. The highest BCUT2D eigenvalue weighted by Gasteiger charge is 2.20. The second-order valence-corrected chi connectivity index (χ2v) is 6.69.